The van der Waals surface area contributed by atoms with Crippen molar-refractivity contribution in [2.45, 2.75) is 13.1 Å². The lowest BCUT2D eigenvalue weighted by molar-refractivity contribution is -0.137. The van der Waals surface area contributed by atoms with E-state index in [4.69, 9.17) is 5.26 Å². The molecule has 0 atom stereocenters. The number of nitrogens with zero attached hydrogens (tertiary/aromatic N) is 5. The molecule has 0 fully saturated rings. The second-order valence-electron chi connectivity index (χ2n) is 6.27. The third kappa shape index (κ3) is 3.60. The Morgan fingerprint density at radius 3 is 2.31 bits per heavy atom. The molecule has 0 spiro atoms. The molecular formula is C20H13F3N6. The molecule has 29 heavy (non-hydrogen) atoms. The summed E-state index contributed by atoms with van der Waals surface area (Å²) in [4.78, 5) is 8.80. The lowest BCUT2D eigenvalue weighted by Crippen LogP contribution is -2.06. The summed E-state index contributed by atoms with van der Waals surface area (Å²) in [6, 6.07) is 13.6. The van der Waals surface area contributed by atoms with E-state index in [1.165, 1.54) is 16.8 Å². The fourth-order valence-electron chi connectivity index (χ4n) is 2.86. The number of aryl methyl sites for hydroxylation is 1. The minimum atomic E-state index is -4.40. The van der Waals surface area contributed by atoms with Crippen molar-refractivity contribution in [1.29, 1.82) is 5.26 Å². The number of benzene rings is 2. The smallest absolute Gasteiger partial charge is 0.340 e. The van der Waals surface area contributed by atoms with Gasteiger partial charge in [-0.05, 0) is 55.5 Å². The van der Waals surface area contributed by atoms with Crippen LogP contribution in [0.2, 0.25) is 0 Å². The highest BCUT2D eigenvalue weighted by atomic mass is 19.4. The van der Waals surface area contributed by atoms with Gasteiger partial charge in [-0.15, -0.1) is 0 Å². The van der Waals surface area contributed by atoms with E-state index >= 15 is 0 Å². The molecule has 0 saturated carbocycles. The minimum Gasteiger partial charge on any atom is -0.340 e. The van der Waals surface area contributed by atoms with Gasteiger partial charge < -0.3 is 5.32 Å². The van der Waals surface area contributed by atoms with Crippen molar-refractivity contribution in [3.63, 3.8) is 0 Å². The Balaban J connectivity index is 1.74. The first kappa shape index (κ1) is 18.4. The summed E-state index contributed by atoms with van der Waals surface area (Å²) in [6.07, 6.45) is -2.85. The highest BCUT2D eigenvalue weighted by molar-refractivity contribution is 5.89. The Morgan fingerprint density at radius 2 is 1.69 bits per heavy atom. The molecule has 0 radical (unpaired) electrons. The molecule has 2 aromatic carbocycles. The predicted molar refractivity (Wildman–Crippen MR) is 101 cm³/mol. The van der Waals surface area contributed by atoms with Crippen LogP contribution in [-0.2, 0) is 6.18 Å². The Hall–Kier alpha value is -3.93. The number of nitrogens with one attached hydrogen (secondary N) is 1. The van der Waals surface area contributed by atoms with E-state index in [0.29, 0.717) is 33.9 Å². The summed E-state index contributed by atoms with van der Waals surface area (Å²) >= 11 is 0. The van der Waals surface area contributed by atoms with E-state index in [0.717, 1.165) is 17.8 Å². The third-order valence-electron chi connectivity index (χ3n) is 4.26. The molecule has 0 amide bonds. The molecule has 6 nitrogen and oxygen atoms in total. The van der Waals surface area contributed by atoms with Crippen molar-refractivity contribution in [1.82, 2.24) is 19.7 Å². The summed E-state index contributed by atoms with van der Waals surface area (Å²) in [7, 11) is 0. The number of hydrogen-bond acceptors (Lipinski definition) is 5. The van der Waals surface area contributed by atoms with Crippen LogP contribution in [0, 0.1) is 18.3 Å². The van der Waals surface area contributed by atoms with Crippen LogP contribution in [0.5, 0.6) is 0 Å². The summed E-state index contributed by atoms with van der Waals surface area (Å²) in [6.45, 7) is 1.72. The topological polar surface area (TPSA) is 79.4 Å². The van der Waals surface area contributed by atoms with Gasteiger partial charge in [0.05, 0.1) is 34.5 Å². The normalized spacial score (nSPS) is 11.4. The highest BCUT2D eigenvalue weighted by Gasteiger charge is 2.30. The standard InChI is InChI=1S/C20H13F3N6/c1-12-26-18(28-15-6-2-13(10-24)3-7-15)17-11-25-29(19(17)27-12)16-8-4-14(5-9-16)20(21,22)23/h2-9,11H,1H3,(H,26,27,28). The number of fused-ring (bicyclic) bond motifs is 1. The second kappa shape index (κ2) is 6.91. The van der Waals surface area contributed by atoms with Crippen molar-refractivity contribution >= 4 is 22.5 Å². The van der Waals surface area contributed by atoms with Crippen LogP contribution < -0.4 is 5.32 Å². The molecule has 1 N–H and O–H groups in total. The summed E-state index contributed by atoms with van der Waals surface area (Å²) in [5.41, 5.74) is 1.45. The second-order valence-corrected chi connectivity index (χ2v) is 6.27. The number of aromatic nitrogens is 4. The van der Waals surface area contributed by atoms with Crippen molar-refractivity contribution in [2.24, 2.45) is 0 Å². The zero-order valence-electron chi connectivity index (χ0n) is 15.1. The van der Waals surface area contributed by atoms with Crippen LogP contribution >= 0.6 is 0 Å². The molecule has 2 heterocycles. The predicted octanol–water partition coefficient (Wildman–Crippen LogP) is 4.76. The number of rotatable bonds is 3. The van der Waals surface area contributed by atoms with E-state index in [2.05, 4.69) is 26.5 Å². The first-order chi connectivity index (χ1) is 13.8. The zero-order chi connectivity index (χ0) is 20.6. The van der Waals surface area contributed by atoms with Gasteiger partial charge in [0, 0.05) is 5.69 Å². The largest absolute Gasteiger partial charge is 0.416 e. The van der Waals surface area contributed by atoms with Crippen LogP contribution in [0.3, 0.4) is 0 Å². The van der Waals surface area contributed by atoms with Crippen LogP contribution in [-0.4, -0.2) is 19.7 Å². The van der Waals surface area contributed by atoms with Crippen LogP contribution in [0.25, 0.3) is 16.7 Å². The molecule has 2 aromatic heterocycles. The quantitative estimate of drug-likeness (QED) is 0.542. The fourth-order valence-corrected chi connectivity index (χ4v) is 2.86. The number of anilines is 2. The van der Waals surface area contributed by atoms with Crippen molar-refractivity contribution < 1.29 is 13.2 Å². The monoisotopic (exact) mass is 394 g/mol. The molecule has 0 aliphatic heterocycles. The van der Waals surface area contributed by atoms with Gasteiger partial charge in [0.1, 0.15) is 11.6 Å². The van der Waals surface area contributed by atoms with E-state index in [9.17, 15) is 13.2 Å². The van der Waals surface area contributed by atoms with Gasteiger partial charge in [-0.25, -0.2) is 14.6 Å². The molecule has 0 bridgehead atoms. The zero-order valence-corrected chi connectivity index (χ0v) is 15.1. The highest BCUT2D eigenvalue weighted by Crippen LogP contribution is 2.30. The first-order valence-corrected chi connectivity index (χ1v) is 8.52. The van der Waals surface area contributed by atoms with Gasteiger partial charge in [0.25, 0.3) is 0 Å². The van der Waals surface area contributed by atoms with Gasteiger partial charge in [-0.2, -0.15) is 23.5 Å². The molecule has 0 aliphatic rings. The number of halogens is 3. The van der Waals surface area contributed by atoms with Crippen molar-refractivity contribution in [3.8, 4) is 11.8 Å². The third-order valence-corrected chi connectivity index (χ3v) is 4.26. The number of nitriles is 1. The Labute approximate surface area is 163 Å². The van der Waals surface area contributed by atoms with E-state index in [1.807, 2.05) is 0 Å². The minimum absolute atomic E-state index is 0.454. The van der Waals surface area contributed by atoms with Gasteiger partial charge >= 0.3 is 6.18 Å². The van der Waals surface area contributed by atoms with Crippen molar-refractivity contribution in [3.05, 3.63) is 71.7 Å². The molecule has 0 unspecified atom stereocenters. The lowest BCUT2D eigenvalue weighted by Gasteiger charge is -2.10. The molecule has 4 rings (SSSR count). The molecule has 4 aromatic rings. The van der Waals surface area contributed by atoms with Gasteiger partial charge in [-0.3, -0.25) is 0 Å². The molecule has 144 valence electrons. The Morgan fingerprint density at radius 1 is 1.00 bits per heavy atom. The average molecular weight is 394 g/mol. The maximum atomic E-state index is 12.8. The van der Waals surface area contributed by atoms with E-state index < -0.39 is 11.7 Å². The molecule has 0 aliphatic carbocycles. The molecular weight excluding hydrogens is 381 g/mol. The summed E-state index contributed by atoms with van der Waals surface area (Å²) in [5.74, 6) is 0.984. The van der Waals surface area contributed by atoms with Crippen LogP contribution in [0.15, 0.2) is 54.7 Å². The number of hydrogen-bond donors (Lipinski definition) is 1. The maximum Gasteiger partial charge on any atom is 0.416 e. The van der Waals surface area contributed by atoms with Gasteiger partial charge in [0.2, 0.25) is 0 Å². The molecule has 9 heteroatoms. The Bertz CT molecular complexity index is 1220. The Kier molecular flexibility index (Phi) is 4.39. The van der Waals surface area contributed by atoms with Crippen LogP contribution in [0.1, 0.15) is 17.0 Å². The van der Waals surface area contributed by atoms with Gasteiger partial charge in [-0.1, -0.05) is 0 Å². The number of alkyl halides is 3. The average Bonchev–Trinajstić information content (AvgIpc) is 3.12. The first-order valence-electron chi connectivity index (χ1n) is 8.52. The summed E-state index contributed by atoms with van der Waals surface area (Å²) in [5, 5.41) is 17.0. The lowest BCUT2D eigenvalue weighted by atomic mass is 10.2. The summed E-state index contributed by atoms with van der Waals surface area (Å²) < 4.78 is 39.9. The van der Waals surface area contributed by atoms with E-state index in [-0.39, 0.29) is 0 Å². The van der Waals surface area contributed by atoms with Crippen molar-refractivity contribution in [2.75, 3.05) is 5.32 Å². The SMILES string of the molecule is Cc1nc(Nc2ccc(C#N)cc2)c2cnn(-c3ccc(C(F)(F)F)cc3)c2n1. The van der Waals surface area contributed by atoms with Crippen LogP contribution in [0.4, 0.5) is 24.7 Å². The maximum absolute atomic E-state index is 12.8. The van der Waals surface area contributed by atoms with E-state index in [1.54, 1.807) is 37.4 Å². The van der Waals surface area contributed by atoms with Gasteiger partial charge in [0.15, 0.2) is 5.65 Å². The fraction of sp³-hybridized carbons (Fsp3) is 0.100. The molecule has 0 saturated heterocycles.